The number of hydrogen-bond donors (Lipinski definition) is 2. The van der Waals surface area contributed by atoms with E-state index in [0.29, 0.717) is 17.0 Å². The van der Waals surface area contributed by atoms with Crippen LogP contribution in [0.25, 0.3) is 0 Å². The van der Waals surface area contributed by atoms with Crippen molar-refractivity contribution >= 4 is 21.6 Å². The van der Waals surface area contributed by atoms with Crippen LogP contribution in [0.2, 0.25) is 0 Å². The third-order valence-corrected chi connectivity index (χ3v) is 6.45. The molecule has 0 aromatic heterocycles. The summed E-state index contributed by atoms with van der Waals surface area (Å²) in [6.45, 7) is 3.65. The van der Waals surface area contributed by atoms with Gasteiger partial charge in [0.1, 0.15) is 11.8 Å². The number of hydrogen-bond acceptors (Lipinski definition) is 4. The quantitative estimate of drug-likeness (QED) is 0.560. The number of para-hydroxylation sites is 1. The van der Waals surface area contributed by atoms with Gasteiger partial charge in [0.25, 0.3) is 0 Å². The van der Waals surface area contributed by atoms with Gasteiger partial charge in [-0.05, 0) is 61.2 Å². The molecule has 1 atom stereocenters. The number of aryl methyl sites for hydroxylation is 2. The van der Waals surface area contributed by atoms with E-state index in [0.717, 1.165) is 11.1 Å². The zero-order chi connectivity index (χ0) is 22.4. The molecule has 0 fully saturated rings. The lowest BCUT2D eigenvalue weighted by Gasteiger charge is -2.20. The summed E-state index contributed by atoms with van der Waals surface area (Å²) in [7, 11) is -2.41. The number of nitrogens with one attached hydrogen (secondary N) is 2. The molecule has 0 aliphatic heterocycles. The lowest BCUT2D eigenvalue weighted by Crippen LogP contribution is -2.45. The van der Waals surface area contributed by atoms with E-state index in [2.05, 4.69) is 10.0 Å². The van der Waals surface area contributed by atoms with Gasteiger partial charge in [0.15, 0.2) is 0 Å². The highest BCUT2D eigenvalue weighted by atomic mass is 32.2. The maximum Gasteiger partial charge on any atom is 0.242 e. The van der Waals surface area contributed by atoms with Gasteiger partial charge in [-0.1, -0.05) is 48.5 Å². The average molecular weight is 439 g/mol. The normalized spacial score (nSPS) is 12.2. The summed E-state index contributed by atoms with van der Waals surface area (Å²) in [5, 5.41) is 2.85. The summed E-state index contributed by atoms with van der Waals surface area (Å²) in [6.07, 6.45) is 0.215. The van der Waals surface area contributed by atoms with E-state index in [4.69, 9.17) is 4.74 Å². The number of carbonyl (C=O) groups excluding carboxylic acids is 1. The first-order valence-corrected chi connectivity index (χ1v) is 11.4. The second kappa shape index (κ2) is 9.76. The SMILES string of the molecule is COc1ccc(S(=O)(=O)N[C@H](Cc2ccccc2)C(=O)Nc2ccccc2C)cc1C. The molecular formula is C24H26N2O4S. The Hall–Kier alpha value is -3.16. The minimum atomic E-state index is -3.94. The first-order valence-electron chi connectivity index (χ1n) is 9.87. The highest BCUT2D eigenvalue weighted by Crippen LogP contribution is 2.22. The van der Waals surface area contributed by atoms with Gasteiger partial charge in [0.05, 0.1) is 12.0 Å². The molecule has 0 unspecified atom stereocenters. The maximum atomic E-state index is 13.1. The second-order valence-corrected chi connectivity index (χ2v) is 9.01. The Balaban J connectivity index is 1.89. The maximum absolute atomic E-state index is 13.1. The lowest BCUT2D eigenvalue weighted by molar-refractivity contribution is -0.117. The van der Waals surface area contributed by atoms with Crippen LogP contribution in [-0.4, -0.2) is 27.5 Å². The minimum absolute atomic E-state index is 0.0764. The molecule has 2 N–H and O–H groups in total. The standard InChI is InChI=1S/C24H26N2O4S/c1-17-9-7-8-12-21(17)25-24(27)22(16-19-10-5-4-6-11-19)26-31(28,29)20-13-14-23(30-3)18(2)15-20/h4-15,22,26H,16H2,1-3H3,(H,25,27)/t22-/m1/s1. The average Bonchev–Trinajstić information content (AvgIpc) is 2.75. The summed E-state index contributed by atoms with van der Waals surface area (Å²) in [5.74, 6) is 0.170. The van der Waals surface area contributed by atoms with E-state index < -0.39 is 22.0 Å². The molecule has 3 rings (SSSR count). The van der Waals surface area contributed by atoms with Crippen LogP contribution in [0.15, 0.2) is 77.7 Å². The van der Waals surface area contributed by atoms with Crippen molar-refractivity contribution in [1.29, 1.82) is 0 Å². The number of sulfonamides is 1. The van der Waals surface area contributed by atoms with Gasteiger partial charge < -0.3 is 10.1 Å². The second-order valence-electron chi connectivity index (χ2n) is 7.30. The number of carbonyl (C=O) groups is 1. The van der Waals surface area contributed by atoms with Gasteiger partial charge in [0, 0.05) is 5.69 Å². The number of amides is 1. The smallest absolute Gasteiger partial charge is 0.242 e. The van der Waals surface area contributed by atoms with Crippen LogP contribution in [0.1, 0.15) is 16.7 Å². The highest BCUT2D eigenvalue weighted by molar-refractivity contribution is 7.89. The van der Waals surface area contributed by atoms with Crippen LogP contribution in [0, 0.1) is 13.8 Å². The molecule has 6 nitrogen and oxygen atoms in total. The van der Waals surface area contributed by atoms with Crippen LogP contribution < -0.4 is 14.8 Å². The summed E-state index contributed by atoms with van der Waals surface area (Å²) >= 11 is 0. The first-order chi connectivity index (χ1) is 14.8. The van der Waals surface area contributed by atoms with Crippen molar-refractivity contribution in [2.45, 2.75) is 31.2 Å². The fourth-order valence-electron chi connectivity index (χ4n) is 3.24. The monoisotopic (exact) mass is 438 g/mol. The van der Waals surface area contributed by atoms with Crippen molar-refractivity contribution in [2.75, 3.05) is 12.4 Å². The predicted molar refractivity (Wildman–Crippen MR) is 122 cm³/mol. The molecule has 0 spiro atoms. The fourth-order valence-corrected chi connectivity index (χ4v) is 4.52. The Morgan fingerprint density at radius 2 is 1.61 bits per heavy atom. The lowest BCUT2D eigenvalue weighted by atomic mass is 10.1. The summed E-state index contributed by atoms with van der Waals surface area (Å²) in [4.78, 5) is 13.2. The molecule has 0 saturated carbocycles. The molecule has 0 heterocycles. The van der Waals surface area contributed by atoms with Crippen molar-refractivity contribution < 1.29 is 17.9 Å². The van der Waals surface area contributed by atoms with Crippen molar-refractivity contribution in [3.63, 3.8) is 0 Å². The molecular weight excluding hydrogens is 412 g/mol. The van der Waals surface area contributed by atoms with Crippen LogP contribution in [0.5, 0.6) is 5.75 Å². The molecule has 0 aliphatic carbocycles. The zero-order valence-electron chi connectivity index (χ0n) is 17.8. The Bertz CT molecular complexity index is 1160. The van der Waals surface area contributed by atoms with E-state index in [9.17, 15) is 13.2 Å². The number of methoxy groups -OCH3 is 1. The van der Waals surface area contributed by atoms with Gasteiger partial charge in [0.2, 0.25) is 15.9 Å². The molecule has 0 radical (unpaired) electrons. The minimum Gasteiger partial charge on any atom is -0.496 e. The Labute approximate surface area is 183 Å². The predicted octanol–water partition coefficient (Wildman–Crippen LogP) is 3.84. The molecule has 162 valence electrons. The van der Waals surface area contributed by atoms with Crippen LogP contribution in [0.4, 0.5) is 5.69 Å². The third kappa shape index (κ3) is 5.71. The third-order valence-electron chi connectivity index (χ3n) is 4.98. The van der Waals surface area contributed by atoms with Gasteiger partial charge >= 0.3 is 0 Å². The van der Waals surface area contributed by atoms with Crippen molar-refractivity contribution in [1.82, 2.24) is 4.72 Å². The van der Waals surface area contributed by atoms with Gasteiger partial charge in [-0.2, -0.15) is 4.72 Å². The topological polar surface area (TPSA) is 84.5 Å². The molecule has 3 aromatic carbocycles. The molecule has 0 bridgehead atoms. The van der Waals surface area contributed by atoms with Crippen LogP contribution in [-0.2, 0) is 21.2 Å². The van der Waals surface area contributed by atoms with E-state index >= 15 is 0 Å². The van der Waals surface area contributed by atoms with E-state index in [1.807, 2.05) is 55.5 Å². The Kier molecular flexibility index (Phi) is 7.09. The van der Waals surface area contributed by atoms with Gasteiger partial charge in [-0.3, -0.25) is 4.79 Å². The van der Waals surface area contributed by atoms with Crippen LogP contribution in [0.3, 0.4) is 0 Å². The van der Waals surface area contributed by atoms with Crippen LogP contribution >= 0.6 is 0 Å². The molecule has 0 saturated heterocycles. The summed E-state index contributed by atoms with van der Waals surface area (Å²) in [5.41, 5.74) is 3.07. The number of anilines is 1. The Morgan fingerprint density at radius 3 is 2.26 bits per heavy atom. The van der Waals surface area contributed by atoms with E-state index in [-0.39, 0.29) is 11.3 Å². The number of benzene rings is 3. The van der Waals surface area contributed by atoms with Gasteiger partial charge in [-0.25, -0.2) is 8.42 Å². The Morgan fingerprint density at radius 1 is 0.935 bits per heavy atom. The molecule has 31 heavy (non-hydrogen) atoms. The fraction of sp³-hybridized carbons (Fsp3) is 0.208. The number of ether oxygens (including phenoxy) is 1. The molecule has 0 aliphatic rings. The molecule has 1 amide bonds. The number of rotatable bonds is 8. The molecule has 7 heteroatoms. The summed E-state index contributed by atoms with van der Waals surface area (Å²) in [6, 6.07) is 20.3. The molecule has 3 aromatic rings. The van der Waals surface area contributed by atoms with E-state index in [1.165, 1.54) is 19.2 Å². The zero-order valence-corrected chi connectivity index (χ0v) is 18.6. The van der Waals surface area contributed by atoms with Crippen molar-refractivity contribution in [2.24, 2.45) is 0 Å². The van der Waals surface area contributed by atoms with Crippen molar-refractivity contribution in [3.8, 4) is 5.75 Å². The largest absolute Gasteiger partial charge is 0.496 e. The summed E-state index contributed by atoms with van der Waals surface area (Å²) < 4.78 is 33.9. The van der Waals surface area contributed by atoms with Gasteiger partial charge in [-0.15, -0.1) is 0 Å². The highest BCUT2D eigenvalue weighted by Gasteiger charge is 2.27. The van der Waals surface area contributed by atoms with Crippen molar-refractivity contribution in [3.05, 3.63) is 89.5 Å². The van der Waals surface area contributed by atoms with E-state index in [1.54, 1.807) is 19.1 Å². The first kappa shape index (κ1) is 22.5.